The number of carbonyl (C=O) groups excluding carboxylic acids is 2. The van der Waals surface area contributed by atoms with Crippen LogP contribution in [0.15, 0.2) is 71.6 Å². The Kier molecular flexibility index (Phi) is 10.4. The fourth-order valence-electron chi connectivity index (χ4n) is 4.24. The van der Waals surface area contributed by atoms with Gasteiger partial charge in [0.05, 0.1) is 10.6 Å². The molecule has 0 spiro atoms. The van der Waals surface area contributed by atoms with Crippen LogP contribution in [0.4, 0.5) is 5.69 Å². The predicted octanol–water partition coefficient (Wildman–Crippen LogP) is 5.79. The van der Waals surface area contributed by atoms with E-state index in [0.717, 1.165) is 33.0 Å². The van der Waals surface area contributed by atoms with E-state index in [1.807, 2.05) is 46.8 Å². The van der Waals surface area contributed by atoms with Crippen molar-refractivity contribution >= 4 is 39.1 Å². The molecule has 0 saturated carbocycles. The van der Waals surface area contributed by atoms with Crippen LogP contribution in [0.5, 0.6) is 0 Å². The van der Waals surface area contributed by atoms with Crippen LogP contribution in [-0.4, -0.2) is 43.8 Å². The van der Waals surface area contributed by atoms with Crippen LogP contribution >= 0.6 is 11.6 Å². The number of nitrogens with one attached hydrogen (secondary N) is 1. The predicted molar refractivity (Wildman–Crippen MR) is 161 cm³/mol. The zero-order valence-corrected chi connectivity index (χ0v) is 25.5. The van der Waals surface area contributed by atoms with Gasteiger partial charge in [0.1, 0.15) is 12.6 Å². The summed E-state index contributed by atoms with van der Waals surface area (Å²) < 4.78 is 29.2. The van der Waals surface area contributed by atoms with Crippen LogP contribution in [0.1, 0.15) is 49.4 Å². The van der Waals surface area contributed by atoms with Gasteiger partial charge in [0.25, 0.3) is 10.0 Å². The fourth-order valence-corrected chi connectivity index (χ4v) is 5.92. The minimum Gasteiger partial charge on any atom is -0.352 e. The van der Waals surface area contributed by atoms with Crippen molar-refractivity contribution in [2.45, 2.75) is 71.5 Å². The van der Waals surface area contributed by atoms with Crippen molar-refractivity contribution < 1.29 is 18.0 Å². The summed E-state index contributed by atoms with van der Waals surface area (Å²) in [5, 5.41) is 3.43. The van der Waals surface area contributed by atoms with E-state index < -0.39 is 28.5 Å². The number of hydrogen-bond acceptors (Lipinski definition) is 4. The molecule has 0 aliphatic heterocycles. The number of benzene rings is 3. The Hall–Kier alpha value is -3.36. The lowest BCUT2D eigenvalue weighted by atomic mass is 10.1. The van der Waals surface area contributed by atoms with E-state index in [0.29, 0.717) is 10.7 Å². The smallest absolute Gasteiger partial charge is 0.264 e. The molecule has 0 heterocycles. The van der Waals surface area contributed by atoms with Gasteiger partial charge in [0.2, 0.25) is 11.8 Å². The summed E-state index contributed by atoms with van der Waals surface area (Å²) in [6, 6.07) is 18.0. The molecular weight excluding hydrogens is 546 g/mol. The lowest BCUT2D eigenvalue weighted by Crippen LogP contribution is -2.52. The molecule has 0 saturated heterocycles. The third-order valence-corrected chi connectivity index (χ3v) is 9.15. The molecule has 0 bridgehead atoms. The minimum atomic E-state index is -4.12. The van der Waals surface area contributed by atoms with Gasteiger partial charge in [-0.1, -0.05) is 60.5 Å². The van der Waals surface area contributed by atoms with Crippen molar-refractivity contribution in [2.24, 2.45) is 0 Å². The van der Waals surface area contributed by atoms with Crippen LogP contribution in [0, 0.1) is 20.8 Å². The van der Waals surface area contributed by atoms with Gasteiger partial charge in [0.15, 0.2) is 0 Å². The third kappa shape index (κ3) is 7.43. The first-order chi connectivity index (χ1) is 18.8. The Morgan fingerprint density at radius 2 is 1.60 bits per heavy atom. The Morgan fingerprint density at radius 1 is 0.950 bits per heavy atom. The van der Waals surface area contributed by atoms with Gasteiger partial charge < -0.3 is 10.2 Å². The quantitative estimate of drug-likeness (QED) is 0.309. The standard InChI is InChI=1S/C31H38ClN3O4S/c1-7-23(4)33-31(37)25(6)34(19-26-11-9-12-27(32)18-26)30(36)20-35(29-13-8-10-22(3)24(29)5)40(38,39)28-16-14-21(2)15-17-28/h8-18,23,25H,7,19-20H2,1-6H3,(H,33,37)/t23-,25+/m0/s1. The summed E-state index contributed by atoms with van der Waals surface area (Å²) in [7, 11) is -4.12. The largest absolute Gasteiger partial charge is 0.352 e. The first kappa shape index (κ1) is 31.2. The van der Waals surface area contributed by atoms with Crippen LogP contribution in [-0.2, 0) is 26.2 Å². The highest BCUT2D eigenvalue weighted by atomic mass is 35.5. The maximum Gasteiger partial charge on any atom is 0.264 e. The Balaban J connectivity index is 2.07. The lowest BCUT2D eigenvalue weighted by Gasteiger charge is -2.33. The molecule has 9 heteroatoms. The van der Waals surface area contributed by atoms with Gasteiger partial charge in [0, 0.05) is 17.6 Å². The van der Waals surface area contributed by atoms with Crippen molar-refractivity contribution in [2.75, 3.05) is 10.8 Å². The number of sulfonamides is 1. The Morgan fingerprint density at radius 3 is 2.23 bits per heavy atom. The highest BCUT2D eigenvalue weighted by Crippen LogP contribution is 2.29. The first-order valence-electron chi connectivity index (χ1n) is 13.3. The van der Waals surface area contributed by atoms with Crippen molar-refractivity contribution in [1.82, 2.24) is 10.2 Å². The molecular formula is C31H38ClN3O4S. The van der Waals surface area contributed by atoms with Crippen LogP contribution in [0.3, 0.4) is 0 Å². The van der Waals surface area contributed by atoms with E-state index in [2.05, 4.69) is 5.32 Å². The third-order valence-electron chi connectivity index (χ3n) is 7.14. The molecule has 1 N–H and O–H groups in total. The number of nitrogens with zero attached hydrogens (tertiary/aromatic N) is 2. The molecule has 0 unspecified atom stereocenters. The summed E-state index contributed by atoms with van der Waals surface area (Å²) in [4.78, 5) is 28.7. The fraction of sp³-hybridized carbons (Fsp3) is 0.355. The number of hydrogen-bond donors (Lipinski definition) is 1. The lowest BCUT2D eigenvalue weighted by molar-refractivity contribution is -0.139. The van der Waals surface area contributed by atoms with Gasteiger partial charge in [-0.05, 0) is 88.1 Å². The summed E-state index contributed by atoms with van der Waals surface area (Å²) in [5.41, 5.74) is 3.69. The number of rotatable bonds is 11. The topological polar surface area (TPSA) is 86.8 Å². The number of anilines is 1. The minimum absolute atomic E-state index is 0.0774. The highest BCUT2D eigenvalue weighted by molar-refractivity contribution is 7.92. The van der Waals surface area contributed by atoms with E-state index >= 15 is 0 Å². The second-order valence-electron chi connectivity index (χ2n) is 10.2. The summed E-state index contributed by atoms with van der Waals surface area (Å²) in [6.07, 6.45) is 0.732. The number of halogens is 1. The molecule has 2 atom stereocenters. The van der Waals surface area contributed by atoms with E-state index in [1.54, 1.807) is 61.5 Å². The van der Waals surface area contributed by atoms with Gasteiger partial charge in [-0.2, -0.15) is 0 Å². The van der Waals surface area contributed by atoms with Crippen molar-refractivity contribution in [1.29, 1.82) is 0 Å². The van der Waals surface area contributed by atoms with E-state index in [-0.39, 0.29) is 23.4 Å². The van der Waals surface area contributed by atoms with Crippen LogP contribution in [0.25, 0.3) is 0 Å². The summed E-state index contributed by atoms with van der Waals surface area (Å²) >= 11 is 6.20. The average molecular weight is 584 g/mol. The number of carbonyl (C=O) groups is 2. The molecule has 0 aliphatic rings. The van der Waals surface area contributed by atoms with Gasteiger partial charge in [-0.25, -0.2) is 8.42 Å². The van der Waals surface area contributed by atoms with E-state index in [9.17, 15) is 18.0 Å². The van der Waals surface area contributed by atoms with Gasteiger partial charge >= 0.3 is 0 Å². The molecule has 3 aromatic carbocycles. The number of amides is 2. The molecule has 214 valence electrons. The SMILES string of the molecule is CC[C@H](C)NC(=O)[C@@H](C)N(Cc1cccc(Cl)c1)C(=O)CN(c1cccc(C)c1C)S(=O)(=O)c1ccc(C)cc1. The zero-order chi connectivity index (χ0) is 29.6. The second-order valence-corrected chi connectivity index (χ2v) is 12.5. The first-order valence-corrected chi connectivity index (χ1v) is 15.2. The second kappa shape index (κ2) is 13.3. The molecule has 0 fully saturated rings. The normalized spacial score (nSPS) is 12.9. The molecule has 3 aromatic rings. The van der Waals surface area contributed by atoms with Crippen LogP contribution in [0.2, 0.25) is 5.02 Å². The van der Waals surface area contributed by atoms with Gasteiger partial charge in [-0.15, -0.1) is 0 Å². The molecule has 0 aliphatic carbocycles. The zero-order valence-electron chi connectivity index (χ0n) is 23.9. The monoisotopic (exact) mass is 583 g/mol. The Labute approximate surface area is 243 Å². The molecule has 40 heavy (non-hydrogen) atoms. The van der Waals surface area contributed by atoms with E-state index in [4.69, 9.17) is 11.6 Å². The highest BCUT2D eigenvalue weighted by Gasteiger charge is 2.33. The molecule has 3 rings (SSSR count). The molecule has 0 radical (unpaired) electrons. The van der Waals surface area contributed by atoms with Crippen LogP contribution < -0.4 is 9.62 Å². The maximum absolute atomic E-state index is 14.1. The summed E-state index contributed by atoms with van der Waals surface area (Å²) in [5.74, 6) is -0.826. The number of aryl methyl sites for hydroxylation is 2. The molecule has 0 aromatic heterocycles. The maximum atomic E-state index is 14.1. The van der Waals surface area contributed by atoms with Crippen molar-refractivity contribution in [3.05, 3.63) is 94.0 Å². The van der Waals surface area contributed by atoms with Crippen molar-refractivity contribution in [3.63, 3.8) is 0 Å². The molecule has 7 nitrogen and oxygen atoms in total. The molecule has 2 amide bonds. The Bertz CT molecular complexity index is 1460. The average Bonchev–Trinajstić information content (AvgIpc) is 2.91. The summed E-state index contributed by atoms with van der Waals surface area (Å²) in [6.45, 7) is 10.7. The van der Waals surface area contributed by atoms with Crippen molar-refractivity contribution in [3.8, 4) is 0 Å². The van der Waals surface area contributed by atoms with E-state index in [1.165, 1.54) is 4.90 Å². The van der Waals surface area contributed by atoms with Gasteiger partial charge in [-0.3, -0.25) is 13.9 Å².